The number of amidine groups is 1. The van der Waals surface area contributed by atoms with Crippen LogP contribution in [0, 0.1) is 0 Å². The zero-order valence-corrected chi connectivity index (χ0v) is 14.3. The van der Waals surface area contributed by atoms with Gasteiger partial charge in [0.05, 0.1) is 12.2 Å². The summed E-state index contributed by atoms with van der Waals surface area (Å²) in [5.41, 5.74) is 2.49. The third kappa shape index (κ3) is 2.97. The molecule has 0 radical (unpaired) electrons. The molecule has 0 bridgehead atoms. The zero-order chi connectivity index (χ0) is 18.4. The molecule has 1 saturated carbocycles. The van der Waals surface area contributed by atoms with Crippen molar-refractivity contribution in [2.75, 3.05) is 10.6 Å². The first-order chi connectivity index (χ1) is 13.1. The van der Waals surface area contributed by atoms with Gasteiger partial charge in [-0.15, -0.1) is 0 Å². The van der Waals surface area contributed by atoms with Crippen molar-refractivity contribution < 1.29 is 8.78 Å². The number of alkyl halides is 2. The first-order valence-electron chi connectivity index (χ1n) is 8.72. The van der Waals surface area contributed by atoms with Crippen LogP contribution in [-0.2, 0) is 6.54 Å². The van der Waals surface area contributed by atoms with E-state index in [1.54, 1.807) is 18.6 Å². The fraction of sp³-hybridized carbons (Fsp3) is 0.263. The molecule has 1 aliphatic carbocycles. The Hall–Kier alpha value is -3.16. The predicted octanol–water partition coefficient (Wildman–Crippen LogP) is 3.61. The number of aliphatic imine (C=N–C) groups is 1. The zero-order valence-electron chi connectivity index (χ0n) is 14.3. The Kier molecular flexibility index (Phi) is 3.53. The number of nitrogens with zero attached hydrogens (tertiary/aromatic N) is 4. The van der Waals surface area contributed by atoms with E-state index in [2.05, 4.69) is 30.6 Å². The minimum Gasteiger partial charge on any atom is -0.366 e. The van der Waals surface area contributed by atoms with Gasteiger partial charge in [-0.3, -0.25) is 9.98 Å². The van der Waals surface area contributed by atoms with E-state index in [1.807, 2.05) is 24.3 Å². The van der Waals surface area contributed by atoms with Crippen LogP contribution in [0.1, 0.15) is 24.2 Å². The molecule has 27 heavy (non-hydrogen) atoms. The first kappa shape index (κ1) is 16.0. The third-order valence-corrected chi connectivity index (χ3v) is 4.84. The van der Waals surface area contributed by atoms with Gasteiger partial charge < -0.3 is 10.6 Å². The maximum absolute atomic E-state index is 13.1. The van der Waals surface area contributed by atoms with Crippen LogP contribution in [0.3, 0.4) is 0 Å². The summed E-state index contributed by atoms with van der Waals surface area (Å²) < 4.78 is 26.1. The number of fused-ring (bicyclic) bond motifs is 2. The lowest BCUT2D eigenvalue weighted by atomic mass is 9.88. The second-order valence-corrected chi connectivity index (χ2v) is 6.84. The van der Waals surface area contributed by atoms with Crippen LogP contribution in [0.25, 0.3) is 10.8 Å². The van der Waals surface area contributed by atoms with Gasteiger partial charge in [0.25, 0.3) is 5.92 Å². The molecule has 5 rings (SSSR count). The summed E-state index contributed by atoms with van der Waals surface area (Å²) in [6.45, 7) is 0.517. The average Bonchev–Trinajstić information content (AvgIpc) is 3.03. The Morgan fingerprint density at radius 3 is 2.70 bits per heavy atom. The Morgan fingerprint density at radius 1 is 1.00 bits per heavy atom. The smallest absolute Gasteiger partial charge is 0.252 e. The summed E-state index contributed by atoms with van der Waals surface area (Å²) in [5.74, 6) is -1.23. The van der Waals surface area contributed by atoms with E-state index in [0.29, 0.717) is 18.2 Å². The molecule has 8 heteroatoms. The molecule has 6 nitrogen and oxygen atoms in total. The minimum absolute atomic E-state index is 0.148. The Bertz CT molecular complexity index is 1060. The second kappa shape index (κ2) is 5.94. The SMILES string of the molecule is FC1(F)CC(Nc2nccc3cc(NC4=NCc5nccnc54)ccc23)C1. The molecular weight excluding hydrogens is 350 g/mol. The van der Waals surface area contributed by atoms with Gasteiger partial charge in [0, 0.05) is 48.5 Å². The molecule has 0 atom stereocenters. The van der Waals surface area contributed by atoms with Crippen LogP contribution in [-0.4, -0.2) is 32.8 Å². The Balaban J connectivity index is 1.39. The molecule has 2 aliphatic rings. The van der Waals surface area contributed by atoms with Gasteiger partial charge >= 0.3 is 0 Å². The highest BCUT2D eigenvalue weighted by Gasteiger charge is 2.45. The monoisotopic (exact) mass is 366 g/mol. The van der Waals surface area contributed by atoms with Crippen molar-refractivity contribution in [2.45, 2.75) is 31.4 Å². The van der Waals surface area contributed by atoms with Gasteiger partial charge in [0.15, 0.2) is 5.84 Å². The number of benzene rings is 1. The van der Waals surface area contributed by atoms with Crippen molar-refractivity contribution >= 4 is 28.1 Å². The normalized spacial score (nSPS) is 17.9. The molecule has 136 valence electrons. The van der Waals surface area contributed by atoms with Gasteiger partial charge in [-0.05, 0) is 29.7 Å². The van der Waals surface area contributed by atoms with Crippen molar-refractivity contribution in [2.24, 2.45) is 4.99 Å². The topological polar surface area (TPSA) is 75.1 Å². The van der Waals surface area contributed by atoms with E-state index >= 15 is 0 Å². The minimum atomic E-state index is -2.56. The summed E-state index contributed by atoms with van der Waals surface area (Å²) in [7, 11) is 0. The molecule has 2 aromatic heterocycles. The highest BCUT2D eigenvalue weighted by atomic mass is 19.3. The lowest BCUT2D eigenvalue weighted by Crippen LogP contribution is -2.44. The van der Waals surface area contributed by atoms with Crippen LogP contribution in [0.5, 0.6) is 0 Å². The number of hydrogen-bond acceptors (Lipinski definition) is 6. The van der Waals surface area contributed by atoms with E-state index in [0.717, 1.165) is 27.8 Å². The van der Waals surface area contributed by atoms with Crippen molar-refractivity contribution in [1.29, 1.82) is 0 Å². The van der Waals surface area contributed by atoms with Crippen LogP contribution in [0.4, 0.5) is 20.3 Å². The molecule has 0 saturated heterocycles. The fourth-order valence-electron chi connectivity index (χ4n) is 3.47. The van der Waals surface area contributed by atoms with Gasteiger partial charge in [0.1, 0.15) is 11.5 Å². The summed E-state index contributed by atoms with van der Waals surface area (Å²) in [6, 6.07) is 7.48. The molecular formula is C19H16F2N6. The predicted molar refractivity (Wildman–Crippen MR) is 99.2 cm³/mol. The van der Waals surface area contributed by atoms with Crippen molar-refractivity contribution in [1.82, 2.24) is 15.0 Å². The number of nitrogens with one attached hydrogen (secondary N) is 2. The molecule has 1 fully saturated rings. The number of aromatic nitrogens is 3. The molecule has 2 N–H and O–H groups in total. The van der Waals surface area contributed by atoms with E-state index in [9.17, 15) is 8.78 Å². The lowest BCUT2D eigenvalue weighted by Gasteiger charge is -2.35. The van der Waals surface area contributed by atoms with Gasteiger partial charge in [-0.25, -0.2) is 18.7 Å². The summed E-state index contributed by atoms with van der Waals surface area (Å²) in [4.78, 5) is 17.4. The van der Waals surface area contributed by atoms with E-state index in [4.69, 9.17) is 0 Å². The lowest BCUT2D eigenvalue weighted by molar-refractivity contribution is -0.0793. The number of halogens is 2. The fourth-order valence-corrected chi connectivity index (χ4v) is 3.47. The molecule has 0 amide bonds. The average molecular weight is 366 g/mol. The number of pyridine rings is 1. The Labute approximate surface area is 153 Å². The maximum atomic E-state index is 13.1. The number of rotatable bonds is 3. The third-order valence-electron chi connectivity index (χ3n) is 4.84. The highest BCUT2D eigenvalue weighted by Crippen LogP contribution is 2.39. The van der Waals surface area contributed by atoms with Crippen LogP contribution in [0.2, 0.25) is 0 Å². The van der Waals surface area contributed by atoms with Gasteiger partial charge in [-0.1, -0.05) is 0 Å². The van der Waals surface area contributed by atoms with E-state index in [-0.39, 0.29) is 18.9 Å². The number of anilines is 2. The first-order valence-corrected chi connectivity index (χ1v) is 8.72. The van der Waals surface area contributed by atoms with E-state index in [1.165, 1.54) is 0 Å². The van der Waals surface area contributed by atoms with Crippen molar-refractivity contribution in [3.63, 3.8) is 0 Å². The largest absolute Gasteiger partial charge is 0.366 e. The molecule has 3 heterocycles. The van der Waals surface area contributed by atoms with Crippen LogP contribution >= 0.6 is 0 Å². The molecule has 3 aromatic rings. The van der Waals surface area contributed by atoms with Crippen LogP contribution in [0.15, 0.2) is 47.8 Å². The molecule has 0 unspecified atom stereocenters. The summed E-state index contributed by atoms with van der Waals surface area (Å²) in [6.07, 6.45) is 4.69. The van der Waals surface area contributed by atoms with Crippen molar-refractivity contribution in [3.8, 4) is 0 Å². The van der Waals surface area contributed by atoms with E-state index < -0.39 is 5.92 Å². The Morgan fingerprint density at radius 2 is 1.85 bits per heavy atom. The molecule has 0 spiro atoms. The van der Waals surface area contributed by atoms with Crippen LogP contribution < -0.4 is 10.6 Å². The molecule has 1 aromatic carbocycles. The second-order valence-electron chi connectivity index (χ2n) is 6.84. The summed E-state index contributed by atoms with van der Waals surface area (Å²) in [5, 5.41) is 8.27. The molecule has 1 aliphatic heterocycles. The number of hydrogen-bond donors (Lipinski definition) is 2. The summed E-state index contributed by atoms with van der Waals surface area (Å²) >= 11 is 0. The van der Waals surface area contributed by atoms with Gasteiger partial charge in [0.2, 0.25) is 0 Å². The standard InChI is InChI=1S/C19H16F2N6/c20-19(21)8-13(9-19)27-17-14-2-1-12(7-11(14)3-4-24-17)26-18-16-15(10-25-18)22-5-6-23-16/h1-7,13H,8-10H2,(H,24,27)(H,25,26). The highest BCUT2D eigenvalue weighted by molar-refractivity contribution is 6.09. The quantitative estimate of drug-likeness (QED) is 0.741. The van der Waals surface area contributed by atoms with Gasteiger partial charge in [-0.2, -0.15) is 0 Å². The maximum Gasteiger partial charge on any atom is 0.252 e. The van der Waals surface area contributed by atoms with Crippen molar-refractivity contribution in [3.05, 3.63) is 54.2 Å².